The molecule has 1 N–H and O–H groups in total. The summed E-state index contributed by atoms with van der Waals surface area (Å²) in [5, 5.41) is 3.03. The van der Waals surface area contributed by atoms with Gasteiger partial charge >= 0.3 is 0 Å². The van der Waals surface area contributed by atoms with Crippen LogP contribution in [0.2, 0.25) is 0 Å². The van der Waals surface area contributed by atoms with E-state index in [1.807, 2.05) is 12.1 Å². The minimum absolute atomic E-state index is 0.189. The van der Waals surface area contributed by atoms with Crippen LogP contribution in [0.5, 0.6) is 0 Å². The van der Waals surface area contributed by atoms with Crippen molar-refractivity contribution in [2.75, 3.05) is 11.6 Å². The lowest BCUT2D eigenvalue weighted by molar-refractivity contribution is -0.117. The van der Waals surface area contributed by atoms with Gasteiger partial charge in [0.2, 0.25) is 5.91 Å². The molecule has 2 fully saturated rings. The number of anilines is 1. The summed E-state index contributed by atoms with van der Waals surface area (Å²) >= 11 is 1.72. The van der Waals surface area contributed by atoms with Gasteiger partial charge < -0.3 is 5.32 Å². The van der Waals surface area contributed by atoms with Crippen LogP contribution in [0.25, 0.3) is 0 Å². The highest BCUT2D eigenvalue weighted by atomic mass is 32.2. The van der Waals surface area contributed by atoms with Crippen molar-refractivity contribution in [2.24, 2.45) is 17.8 Å². The lowest BCUT2D eigenvalue weighted by Gasteiger charge is -2.20. The Kier molecular flexibility index (Phi) is 3.83. The summed E-state index contributed by atoms with van der Waals surface area (Å²) in [6.07, 6.45) is 8.18. The molecule has 1 amide bonds. The number of nitrogens with one attached hydrogen (secondary N) is 1. The number of carbonyl (C=O) groups excluding carboxylic acids is 1. The van der Waals surface area contributed by atoms with Crippen LogP contribution in [0, 0.1) is 17.8 Å². The number of hydrogen-bond donors (Lipinski definition) is 1. The summed E-state index contributed by atoms with van der Waals surface area (Å²) in [6.45, 7) is 0. The highest BCUT2D eigenvalue weighted by Crippen LogP contribution is 2.49. The van der Waals surface area contributed by atoms with E-state index in [1.54, 1.807) is 11.8 Å². The molecule has 3 heteroatoms. The van der Waals surface area contributed by atoms with Gasteiger partial charge in [-0.1, -0.05) is 6.42 Å². The minimum Gasteiger partial charge on any atom is -0.326 e. The summed E-state index contributed by atoms with van der Waals surface area (Å²) in [7, 11) is 0. The largest absolute Gasteiger partial charge is 0.326 e. The van der Waals surface area contributed by atoms with Gasteiger partial charge in [-0.05, 0) is 67.5 Å². The molecule has 1 aromatic carbocycles. The number of amides is 1. The second-order valence-corrected chi connectivity index (χ2v) is 6.80. The van der Waals surface area contributed by atoms with Gasteiger partial charge in [-0.2, -0.15) is 0 Å². The smallest absolute Gasteiger partial charge is 0.224 e. The molecule has 0 unspecified atom stereocenters. The molecule has 1 aromatic rings. The fraction of sp³-hybridized carbons (Fsp3) is 0.562. The molecule has 19 heavy (non-hydrogen) atoms. The van der Waals surface area contributed by atoms with Gasteiger partial charge in [-0.25, -0.2) is 0 Å². The third-order valence-electron chi connectivity index (χ3n) is 4.71. The van der Waals surface area contributed by atoms with Crippen LogP contribution in [0.1, 0.15) is 32.1 Å². The zero-order chi connectivity index (χ0) is 13.2. The van der Waals surface area contributed by atoms with Crippen LogP contribution in [-0.4, -0.2) is 12.2 Å². The fourth-order valence-corrected chi connectivity index (χ4v) is 4.16. The van der Waals surface area contributed by atoms with Crippen molar-refractivity contribution in [2.45, 2.75) is 37.0 Å². The van der Waals surface area contributed by atoms with E-state index in [4.69, 9.17) is 0 Å². The normalized spacial score (nSPS) is 28.6. The molecular weight excluding hydrogens is 254 g/mol. The SMILES string of the molecule is CSc1ccc(NC(=O)C[C@H]2C[C@H]3CC[C@@H]2C3)cc1. The number of thioether (sulfide) groups is 1. The molecule has 0 radical (unpaired) electrons. The molecule has 2 nitrogen and oxygen atoms in total. The van der Waals surface area contributed by atoms with E-state index in [9.17, 15) is 4.79 Å². The molecule has 0 spiro atoms. The molecule has 0 aliphatic heterocycles. The summed E-state index contributed by atoms with van der Waals surface area (Å²) in [6, 6.07) is 8.09. The second kappa shape index (κ2) is 5.58. The molecule has 0 saturated heterocycles. The second-order valence-electron chi connectivity index (χ2n) is 5.92. The Morgan fingerprint density at radius 1 is 1.26 bits per heavy atom. The molecule has 2 aliphatic carbocycles. The molecule has 0 aromatic heterocycles. The topological polar surface area (TPSA) is 29.1 Å². The number of rotatable bonds is 4. The van der Waals surface area contributed by atoms with Crippen molar-refractivity contribution in [1.29, 1.82) is 0 Å². The predicted octanol–water partition coefficient (Wildman–Crippen LogP) is 4.17. The molecule has 2 saturated carbocycles. The molecule has 102 valence electrons. The van der Waals surface area contributed by atoms with Gasteiger partial charge in [0.05, 0.1) is 0 Å². The summed E-state index contributed by atoms with van der Waals surface area (Å²) in [5.41, 5.74) is 0.922. The Labute approximate surface area is 119 Å². The van der Waals surface area contributed by atoms with E-state index in [0.717, 1.165) is 17.5 Å². The molecule has 2 bridgehead atoms. The monoisotopic (exact) mass is 275 g/mol. The van der Waals surface area contributed by atoms with Gasteiger partial charge in [0.1, 0.15) is 0 Å². The van der Waals surface area contributed by atoms with Crippen LogP contribution in [0.15, 0.2) is 29.2 Å². The number of carbonyl (C=O) groups is 1. The predicted molar refractivity (Wildman–Crippen MR) is 80.4 cm³/mol. The molecule has 2 aliphatic rings. The molecule has 0 heterocycles. The Bertz CT molecular complexity index is 456. The first-order valence-electron chi connectivity index (χ1n) is 7.18. The highest BCUT2D eigenvalue weighted by Gasteiger charge is 2.40. The number of hydrogen-bond acceptors (Lipinski definition) is 2. The van der Waals surface area contributed by atoms with Crippen molar-refractivity contribution >= 4 is 23.4 Å². The lowest BCUT2D eigenvalue weighted by Crippen LogP contribution is -2.20. The highest BCUT2D eigenvalue weighted by molar-refractivity contribution is 7.98. The van der Waals surface area contributed by atoms with Gasteiger partial charge in [0.25, 0.3) is 0 Å². The van der Waals surface area contributed by atoms with Crippen LogP contribution in [0.3, 0.4) is 0 Å². The van der Waals surface area contributed by atoms with Crippen LogP contribution in [0.4, 0.5) is 5.69 Å². The molecule has 3 rings (SSSR count). The Balaban J connectivity index is 1.53. The fourth-order valence-electron chi connectivity index (χ4n) is 3.75. The third-order valence-corrected chi connectivity index (χ3v) is 5.45. The number of benzene rings is 1. The Morgan fingerprint density at radius 3 is 2.63 bits per heavy atom. The maximum atomic E-state index is 12.1. The van der Waals surface area contributed by atoms with E-state index in [1.165, 1.54) is 30.6 Å². The summed E-state index contributed by atoms with van der Waals surface area (Å²) < 4.78 is 0. The molecule has 3 atom stereocenters. The van der Waals surface area contributed by atoms with Crippen molar-refractivity contribution < 1.29 is 4.79 Å². The summed E-state index contributed by atoms with van der Waals surface area (Å²) in [5.74, 6) is 2.58. The lowest BCUT2D eigenvalue weighted by atomic mass is 9.86. The summed E-state index contributed by atoms with van der Waals surface area (Å²) in [4.78, 5) is 13.3. The average Bonchev–Trinajstić information content (AvgIpc) is 3.02. The van der Waals surface area contributed by atoms with Gasteiger partial charge in [0, 0.05) is 17.0 Å². The van der Waals surface area contributed by atoms with Crippen molar-refractivity contribution in [3.63, 3.8) is 0 Å². The maximum absolute atomic E-state index is 12.1. The van der Waals surface area contributed by atoms with E-state index >= 15 is 0 Å². The van der Waals surface area contributed by atoms with E-state index in [0.29, 0.717) is 12.3 Å². The first-order valence-corrected chi connectivity index (χ1v) is 8.41. The van der Waals surface area contributed by atoms with Gasteiger partial charge in [0.15, 0.2) is 0 Å². The van der Waals surface area contributed by atoms with Gasteiger partial charge in [-0.15, -0.1) is 11.8 Å². The van der Waals surface area contributed by atoms with Crippen molar-refractivity contribution in [1.82, 2.24) is 0 Å². The number of fused-ring (bicyclic) bond motifs is 2. The van der Waals surface area contributed by atoms with Gasteiger partial charge in [-0.3, -0.25) is 4.79 Å². The van der Waals surface area contributed by atoms with E-state index < -0.39 is 0 Å². The Hall–Kier alpha value is -0.960. The first-order chi connectivity index (χ1) is 9.24. The zero-order valence-corrected chi connectivity index (χ0v) is 12.2. The first kappa shape index (κ1) is 13.0. The Morgan fingerprint density at radius 2 is 2.05 bits per heavy atom. The van der Waals surface area contributed by atoms with Crippen molar-refractivity contribution in [3.8, 4) is 0 Å². The zero-order valence-electron chi connectivity index (χ0n) is 11.4. The molecular formula is C16H21NOS. The standard InChI is InChI=1S/C16H21NOS/c1-19-15-6-4-14(5-7-15)17-16(18)10-13-9-11-2-3-12(13)8-11/h4-7,11-13H,2-3,8-10H2,1H3,(H,17,18)/t11-,12+,13+/m0/s1. The van der Waals surface area contributed by atoms with Crippen LogP contribution >= 0.6 is 11.8 Å². The maximum Gasteiger partial charge on any atom is 0.224 e. The van der Waals surface area contributed by atoms with Crippen LogP contribution in [-0.2, 0) is 4.79 Å². The minimum atomic E-state index is 0.189. The van der Waals surface area contributed by atoms with Crippen molar-refractivity contribution in [3.05, 3.63) is 24.3 Å². The van der Waals surface area contributed by atoms with Crippen LogP contribution < -0.4 is 5.32 Å². The third kappa shape index (κ3) is 2.97. The van der Waals surface area contributed by atoms with E-state index in [2.05, 4.69) is 23.7 Å². The van der Waals surface area contributed by atoms with E-state index in [-0.39, 0.29) is 5.91 Å². The quantitative estimate of drug-likeness (QED) is 0.835. The average molecular weight is 275 g/mol.